The van der Waals surface area contributed by atoms with Crippen molar-refractivity contribution in [2.75, 3.05) is 18.6 Å². The predicted octanol–water partition coefficient (Wildman–Crippen LogP) is 1.53. The van der Waals surface area contributed by atoms with Gasteiger partial charge in [-0.05, 0) is 31.0 Å². The summed E-state index contributed by atoms with van der Waals surface area (Å²) in [5.41, 5.74) is 1.11. The molecule has 18 heavy (non-hydrogen) atoms. The van der Waals surface area contributed by atoms with Crippen molar-refractivity contribution >= 4 is 9.84 Å². The maximum Gasteiger partial charge on any atom is 0.151 e. The van der Waals surface area contributed by atoms with Crippen LogP contribution in [0.3, 0.4) is 0 Å². The Morgan fingerprint density at radius 2 is 2.22 bits per heavy atom. The van der Waals surface area contributed by atoms with Crippen LogP contribution >= 0.6 is 0 Å². The molecule has 0 amide bonds. The van der Waals surface area contributed by atoms with Crippen LogP contribution in [0.5, 0.6) is 5.75 Å². The minimum Gasteiger partial charge on any atom is -0.497 e. The summed E-state index contributed by atoms with van der Waals surface area (Å²) in [6.45, 7) is 2.04. The predicted molar refractivity (Wildman–Crippen MR) is 71.6 cm³/mol. The molecule has 1 aliphatic heterocycles. The Labute approximate surface area is 108 Å². The molecule has 0 aliphatic carbocycles. The first-order valence-corrected chi connectivity index (χ1v) is 7.93. The molecule has 1 aliphatic rings. The SMILES string of the molecule is COc1cccc(C(C)NC2CCS(=O)(=O)C2)c1. The number of benzene rings is 1. The number of hydrogen-bond acceptors (Lipinski definition) is 4. The summed E-state index contributed by atoms with van der Waals surface area (Å²) in [4.78, 5) is 0. The molecule has 5 heteroatoms. The highest BCUT2D eigenvalue weighted by Crippen LogP contribution is 2.21. The van der Waals surface area contributed by atoms with Gasteiger partial charge in [-0.1, -0.05) is 12.1 Å². The summed E-state index contributed by atoms with van der Waals surface area (Å²) < 4.78 is 28.0. The number of rotatable bonds is 4. The molecular weight excluding hydrogens is 250 g/mol. The lowest BCUT2D eigenvalue weighted by Crippen LogP contribution is -2.32. The van der Waals surface area contributed by atoms with Crippen LogP contribution in [-0.2, 0) is 9.84 Å². The van der Waals surface area contributed by atoms with Gasteiger partial charge in [-0.15, -0.1) is 0 Å². The Kier molecular flexibility index (Phi) is 3.92. The van der Waals surface area contributed by atoms with Crippen molar-refractivity contribution in [1.29, 1.82) is 0 Å². The van der Waals surface area contributed by atoms with Gasteiger partial charge in [0.2, 0.25) is 0 Å². The Bertz CT molecular complexity index is 513. The van der Waals surface area contributed by atoms with Crippen LogP contribution in [0.1, 0.15) is 24.9 Å². The molecule has 0 radical (unpaired) electrons. The van der Waals surface area contributed by atoms with Crippen molar-refractivity contribution in [2.45, 2.75) is 25.4 Å². The first-order valence-electron chi connectivity index (χ1n) is 6.10. The smallest absolute Gasteiger partial charge is 0.151 e. The second-order valence-electron chi connectivity index (χ2n) is 4.76. The zero-order chi connectivity index (χ0) is 13.2. The lowest BCUT2D eigenvalue weighted by molar-refractivity contribution is 0.412. The quantitative estimate of drug-likeness (QED) is 0.900. The van der Waals surface area contributed by atoms with Gasteiger partial charge >= 0.3 is 0 Å². The summed E-state index contributed by atoms with van der Waals surface area (Å²) in [7, 11) is -1.18. The summed E-state index contributed by atoms with van der Waals surface area (Å²) in [5.74, 6) is 1.37. The van der Waals surface area contributed by atoms with Crippen molar-refractivity contribution in [3.63, 3.8) is 0 Å². The number of ether oxygens (including phenoxy) is 1. The first-order chi connectivity index (χ1) is 8.50. The number of sulfone groups is 1. The van der Waals surface area contributed by atoms with E-state index in [-0.39, 0.29) is 17.8 Å². The van der Waals surface area contributed by atoms with E-state index in [9.17, 15) is 8.42 Å². The number of methoxy groups -OCH3 is 1. The largest absolute Gasteiger partial charge is 0.497 e. The fourth-order valence-electron chi connectivity index (χ4n) is 2.29. The van der Waals surface area contributed by atoms with Gasteiger partial charge in [0.05, 0.1) is 18.6 Å². The topological polar surface area (TPSA) is 55.4 Å². The highest BCUT2D eigenvalue weighted by atomic mass is 32.2. The van der Waals surface area contributed by atoms with Crippen molar-refractivity contribution in [3.8, 4) is 5.75 Å². The molecule has 0 saturated carbocycles. The Morgan fingerprint density at radius 3 is 2.83 bits per heavy atom. The van der Waals surface area contributed by atoms with E-state index < -0.39 is 9.84 Å². The number of hydrogen-bond donors (Lipinski definition) is 1. The van der Waals surface area contributed by atoms with Crippen molar-refractivity contribution in [2.24, 2.45) is 0 Å². The van der Waals surface area contributed by atoms with E-state index in [0.717, 1.165) is 11.3 Å². The van der Waals surface area contributed by atoms with Crippen molar-refractivity contribution < 1.29 is 13.2 Å². The third-order valence-electron chi connectivity index (χ3n) is 3.31. The van der Waals surface area contributed by atoms with Crippen LogP contribution in [0, 0.1) is 0 Å². The van der Waals surface area contributed by atoms with Crippen LogP contribution in [0.15, 0.2) is 24.3 Å². The Morgan fingerprint density at radius 1 is 1.44 bits per heavy atom. The summed E-state index contributed by atoms with van der Waals surface area (Å²) >= 11 is 0. The Balaban J connectivity index is 2.01. The molecule has 1 fully saturated rings. The average molecular weight is 269 g/mol. The molecule has 0 bridgehead atoms. The van der Waals surface area contributed by atoms with Gasteiger partial charge in [-0.2, -0.15) is 0 Å². The molecule has 1 aromatic carbocycles. The molecule has 4 nitrogen and oxygen atoms in total. The fourth-order valence-corrected chi connectivity index (χ4v) is 3.97. The van der Waals surface area contributed by atoms with E-state index in [1.54, 1.807) is 7.11 Å². The molecule has 1 N–H and O–H groups in total. The number of nitrogens with one attached hydrogen (secondary N) is 1. The summed E-state index contributed by atoms with van der Waals surface area (Å²) in [6.07, 6.45) is 0.705. The molecule has 2 atom stereocenters. The van der Waals surface area contributed by atoms with Crippen LogP contribution in [0.2, 0.25) is 0 Å². The third-order valence-corrected chi connectivity index (χ3v) is 5.08. The molecule has 100 valence electrons. The van der Waals surface area contributed by atoms with Crippen LogP contribution in [0.25, 0.3) is 0 Å². The normalized spacial score (nSPS) is 23.8. The molecule has 0 aromatic heterocycles. The molecule has 2 rings (SSSR count). The van der Waals surface area contributed by atoms with E-state index in [0.29, 0.717) is 12.2 Å². The van der Waals surface area contributed by atoms with E-state index in [1.807, 2.05) is 31.2 Å². The highest BCUT2D eigenvalue weighted by molar-refractivity contribution is 7.91. The van der Waals surface area contributed by atoms with E-state index in [4.69, 9.17) is 4.74 Å². The van der Waals surface area contributed by atoms with Crippen LogP contribution < -0.4 is 10.1 Å². The Hall–Kier alpha value is -1.07. The zero-order valence-electron chi connectivity index (χ0n) is 10.7. The molecule has 1 heterocycles. The molecule has 1 saturated heterocycles. The first kappa shape index (κ1) is 13.4. The van der Waals surface area contributed by atoms with Crippen molar-refractivity contribution in [3.05, 3.63) is 29.8 Å². The summed E-state index contributed by atoms with van der Waals surface area (Å²) in [5, 5.41) is 3.37. The van der Waals surface area contributed by atoms with E-state index in [2.05, 4.69) is 5.32 Å². The highest BCUT2D eigenvalue weighted by Gasteiger charge is 2.28. The third kappa shape index (κ3) is 3.23. The second kappa shape index (κ2) is 5.28. The van der Waals surface area contributed by atoms with Gasteiger partial charge in [0.15, 0.2) is 9.84 Å². The standard InChI is InChI=1S/C13H19NO3S/c1-10(11-4-3-5-13(8-11)17-2)14-12-6-7-18(15,16)9-12/h3-5,8,10,12,14H,6-7,9H2,1-2H3. The van der Waals surface area contributed by atoms with Gasteiger partial charge in [-0.3, -0.25) is 0 Å². The monoisotopic (exact) mass is 269 g/mol. The minimum absolute atomic E-state index is 0.0659. The van der Waals surface area contributed by atoms with Crippen LogP contribution in [0.4, 0.5) is 0 Å². The van der Waals surface area contributed by atoms with Gasteiger partial charge in [0.25, 0.3) is 0 Å². The second-order valence-corrected chi connectivity index (χ2v) is 6.99. The van der Waals surface area contributed by atoms with Gasteiger partial charge in [0, 0.05) is 12.1 Å². The van der Waals surface area contributed by atoms with Gasteiger partial charge in [-0.25, -0.2) is 8.42 Å². The maximum absolute atomic E-state index is 11.4. The van der Waals surface area contributed by atoms with Gasteiger partial charge < -0.3 is 10.1 Å². The summed E-state index contributed by atoms with van der Waals surface area (Å²) in [6, 6.07) is 8.02. The molecule has 0 spiro atoms. The zero-order valence-corrected chi connectivity index (χ0v) is 11.5. The molecule has 2 unspecified atom stereocenters. The van der Waals surface area contributed by atoms with E-state index >= 15 is 0 Å². The van der Waals surface area contributed by atoms with Crippen molar-refractivity contribution in [1.82, 2.24) is 5.32 Å². The lowest BCUT2D eigenvalue weighted by Gasteiger charge is -2.19. The minimum atomic E-state index is -2.82. The maximum atomic E-state index is 11.4. The molecule has 1 aromatic rings. The van der Waals surface area contributed by atoms with Crippen LogP contribution in [-0.4, -0.2) is 33.1 Å². The average Bonchev–Trinajstić information content (AvgIpc) is 2.68. The fraction of sp³-hybridized carbons (Fsp3) is 0.538. The lowest BCUT2D eigenvalue weighted by atomic mass is 10.1. The van der Waals surface area contributed by atoms with E-state index in [1.165, 1.54) is 0 Å². The van der Waals surface area contributed by atoms with Gasteiger partial charge in [0.1, 0.15) is 5.75 Å². The molecular formula is C13H19NO3S.